The summed E-state index contributed by atoms with van der Waals surface area (Å²) in [6.07, 6.45) is 6.18. The number of hydrogen-bond acceptors (Lipinski definition) is 3. The van der Waals surface area contributed by atoms with Gasteiger partial charge in [-0.25, -0.2) is 0 Å². The van der Waals surface area contributed by atoms with Crippen LogP contribution < -0.4 is 5.73 Å². The first kappa shape index (κ1) is 9.99. The third-order valence-corrected chi connectivity index (χ3v) is 4.25. The average molecular weight is 208 g/mol. The first-order valence-electron chi connectivity index (χ1n) is 5.06. The second-order valence-electron chi connectivity index (χ2n) is 3.86. The number of aromatic nitrogens is 1. The first-order chi connectivity index (χ1) is 6.87. The lowest BCUT2D eigenvalue weighted by Crippen LogP contribution is -2.29. The van der Waals surface area contributed by atoms with E-state index in [1.807, 2.05) is 30.2 Å². The molecule has 1 aliphatic heterocycles. The molecule has 1 unspecified atom stereocenters. The summed E-state index contributed by atoms with van der Waals surface area (Å²) in [6, 6.07) is 4.21. The van der Waals surface area contributed by atoms with Gasteiger partial charge in [0.15, 0.2) is 0 Å². The zero-order valence-electron chi connectivity index (χ0n) is 8.28. The van der Waals surface area contributed by atoms with Gasteiger partial charge in [-0.2, -0.15) is 11.8 Å². The van der Waals surface area contributed by atoms with Crippen molar-refractivity contribution in [2.24, 2.45) is 5.73 Å². The van der Waals surface area contributed by atoms with Crippen LogP contribution in [0.3, 0.4) is 0 Å². The fourth-order valence-corrected chi connectivity index (χ4v) is 3.65. The van der Waals surface area contributed by atoms with Gasteiger partial charge in [-0.3, -0.25) is 4.98 Å². The largest absolute Gasteiger partial charge is 0.330 e. The number of rotatable bonds is 3. The third-order valence-electron chi connectivity index (χ3n) is 3.00. The summed E-state index contributed by atoms with van der Waals surface area (Å²) in [5.74, 6) is 2.46. The van der Waals surface area contributed by atoms with Crippen molar-refractivity contribution >= 4 is 11.8 Å². The Bertz CT molecular complexity index is 281. The van der Waals surface area contributed by atoms with Gasteiger partial charge in [0, 0.05) is 23.6 Å². The lowest BCUT2D eigenvalue weighted by molar-refractivity contribution is 0.451. The Morgan fingerprint density at radius 1 is 1.57 bits per heavy atom. The van der Waals surface area contributed by atoms with E-state index in [0.717, 1.165) is 13.0 Å². The molecule has 0 amide bonds. The van der Waals surface area contributed by atoms with Crippen molar-refractivity contribution in [3.05, 3.63) is 30.1 Å². The first-order valence-corrected chi connectivity index (χ1v) is 6.21. The molecule has 1 aromatic heterocycles. The Balaban J connectivity index is 2.27. The zero-order chi connectivity index (χ0) is 9.86. The van der Waals surface area contributed by atoms with Gasteiger partial charge in [0.05, 0.1) is 0 Å². The topological polar surface area (TPSA) is 38.9 Å². The molecule has 3 heteroatoms. The molecule has 2 nitrogen and oxygen atoms in total. The van der Waals surface area contributed by atoms with Crippen LogP contribution in [0.1, 0.15) is 18.4 Å². The van der Waals surface area contributed by atoms with E-state index >= 15 is 0 Å². The molecule has 2 heterocycles. The van der Waals surface area contributed by atoms with E-state index in [1.54, 1.807) is 0 Å². The molecule has 1 aliphatic rings. The molecule has 14 heavy (non-hydrogen) atoms. The maximum atomic E-state index is 5.70. The van der Waals surface area contributed by atoms with E-state index in [0.29, 0.717) is 5.41 Å². The Hall–Kier alpha value is -0.540. The highest BCUT2D eigenvalue weighted by atomic mass is 32.2. The second kappa shape index (κ2) is 4.32. The van der Waals surface area contributed by atoms with Crippen LogP contribution in [-0.2, 0) is 5.41 Å². The molecule has 2 N–H and O–H groups in total. The SMILES string of the molecule is NCCC1(c2cccnc2)CCSC1. The van der Waals surface area contributed by atoms with Gasteiger partial charge < -0.3 is 5.73 Å². The molecule has 76 valence electrons. The summed E-state index contributed by atoms with van der Waals surface area (Å²) in [4.78, 5) is 4.21. The Morgan fingerprint density at radius 2 is 2.50 bits per heavy atom. The van der Waals surface area contributed by atoms with Gasteiger partial charge in [0.25, 0.3) is 0 Å². The average Bonchev–Trinajstić information content (AvgIpc) is 2.70. The molecule has 0 spiro atoms. The van der Waals surface area contributed by atoms with Crippen LogP contribution in [0.4, 0.5) is 0 Å². The molecule has 1 aromatic rings. The van der Waals surface area contributed by atoms with Crippen LogP contribution in [0, 0.1) is 0 Å². The molecular formula is C11H16N2S. The van der Waals surface area contributed by atoms with Crippen LogP contribution >= 0.6 is 11.8 Å². The fourth-order valence-electron chi connectivity index (χ4n) is 2.13. The lowest BCUT2D eigenvalue weighted by atomic mass is 9.78. The second-order valence-corrected chi connectivity index (χ2v) is 4.97. The maximum Gasteiger partial charge on any atom is 0.0305 e. The molecule has 0 radical (unpaired) electrons. The van der Waals surface area contributed by atoms with Gasteiger partial charge in [-0.15, -0.1) is 0 Å². The quantitative estimate of drug-likeness (QED) is 0.823. The number of pyridine rings is 1. The minimum Gasteiger partial charge on any atom is -0.330 e. The molecule has 0 bridgehead atoms. The molecule has 0 aliphatic carbocycles. The highest BCUT2D eigenvalue weighted by Gasteiger charge is 2.35. The number of hydrogen-bond donors (Lipinski definition) is 1. The Kier molecular flexibility index (Phi) is 3.08. The molecule has 1 fully saturated rings. The van der Waals surface area contributed by atoms with Crippen LogP contribution in [0.5, 0.6) is 0 Å². The maximum absolute atomic E-state index is 5.70. The molecule has 2 rings (SSSR count). The van der Waals surface area contributed by atoms with E-state index in [1.165, 1.54) is 23.5 Å². The van der Waals surface area contributed by atoms with Crippen LogP contribution in [-0.4, -0.2) is 23.0 Å². The number of nitrogens with zero attached hydrogens (tertiary/aromatic N) is 1. The Labute approximate surface area is 89.3 Å². The van der Waals surface area contributed by atoms with Crippen molar-refractivity contribution in [1.29, 1.82) is 0 Å². The summed E-state index contributed by atoms with van der Waals surface area (Å²) < 4.78 is 0. The van der Waals surface area contributed by atoms with E-state index < -0.39 is 0 Å². The highest BCUT2D eigenvalue weighted by Crippen LogP contribution is 2.41. The van der Waals surface area contributed by atoms with Gasteiger partial charge >= 0.3 is 0 Å². The molecule has 0 aromatic carbocycles. The van der Waals surface area contributed by atoms with Gasteiger partial charge in [0.1, 0.15) is 0 Å². The minimum absolute atomic E-state index is 0.313. The summed E-state index contributed by atoms with van der Waals surface area (Å²) in [7, 11) is 0. The fraction of sp³-hybridized carbons (Fsp3) is 0.545. The van der Waals surface area contributed by atoms with Crippen molar-refractivity contribution in [3.8, 4) is 0 Å². The van der Waals surface area contributed by atoms with E-state index in [-0.39, 0.29) is 0 Å². The number of thioether (sulfide) groups is 1. The van der Waals surface area contributed by atoms with Crippen molar-refractivity contribution in [1.82, 2.24) is 4.98 Å². The molecular weight excluding hydrogens is 192 g/mol. The molecule has 1 atom stereocenters. The zero-order valence-corrected chi connectivity index (χ0v) is 9.09. The van der Waals surface area contributed by atoms with E-state index in [9.17, 15) is 0 Å². The van der Waals surface area contributed by atoms with E-state index in [4.69, 9.17) is 5.73 Å². The van der Waals surface area contributed by atoms with Crippen LogP contribution in [0.25, 0.3) is 0 Å². The van der Waals surface area contributed by atoms with Crippen molar-refractivity contribution < 1.29 is 0 Å². The van der Waals surface area contributed by atoms with Crippen molar-refractivity contribution in [3.63, 3.8) is 0 Å². The lowest BCUT2D eigenvalue weighted by Gasteiger charge is -2.27. The van der Waals surface area contributed by atoms with Crippen LogP contribution in [0.2, 0.25) is 0 Å². The standard InChI is InChI=1S/C11H16N2S/c12-5-3-11(4-7-14-9-11)10-2-1-6-13-8-10/h1-2,6,8H,3-5,7,9,12H2. The van der Waals surface area contributed by atoms with Crippen molar-refractivity contribution in [2.45, 2.75) is 18.3 Å². The highest BCUT2D eigenvalue weighted by molar-refractivity contribution is 7.99. The smallest absolute Gasteiger partial charge is 0.0305 e. The van der Waals surface area contributed by atoms with Crippen LogP contribution in [0.15, 0.2) is 24.5 Å². The third kappa shape index (κ3) is 1.79. The predicted octanol–water partition coefficient (Wildman–Crippen LogP) is 1.81. The predicted molar refractivity (Wildman–Crippen MR) is 61.5 cm³/mol. The molecule has 1 saturated heterocycles. The van der Waals surface area contributed by atoms with Gasteiger partial charge in [-0.05, 0) is 36.8 Å². The summed E-state index contributed by atoms with van der Waals surface area (Å²) in [5.41, 5.74) is 7.39. The normalized spacial score (nSPS) is 26.6. The monoisotopic (exact) mass is 208 g/mol. The van der Waals surface area contributed by atoms with E-state index in [2.05, 4.69) is 11.1 Å². The van der Waals surface area contributed by atoms with Gasteiger partial charge in [0.2, 0.25) is 0 Å². The van der Waals surface area contributed by atoms with Crippen molar-refractivity contribution in [2.75, 3.05) is 18.1 Å². The Morgan fingerprint density at radius 3 is 3.07 bits per heavy atom. The summed E-state index contributed by atoms with van der Waals surface area (Å²) in [5, 5.41) is 0. The minimum atomic E-state index is 0.313. The summed E-state index contributed by atoms with van der Waals surface area (Å²) >= 11 is 2.03. The number of nitrogens with two attached hydrogens (primary N) is 1. The molecule has 0 saturated carbocycles. The summed E-state index contributed by atoms with van der Waals surface area (Å²) in [6.45, 7) is 0.773. The van der Waals surface area contributed by atoms with Gasteiger partial charge in [-0.1, -0.05) is 6.07 Å².